The summed E-state index contributed by atoms with van der Waals surface area (Å²) in [6.45, 7) is 4.88. The van der Waals surface area contributed by atoms with Crippen molar-refractivity contribution in [3.8, 4) is 16.9 Å². The molecule has 0 fully saturated rings. The second-order valence-corrected chi connectivity index (χ2v) is 9.03. The van der Waals surface area contributed by atoms with E-state index in [0.717, 1.165) is 22.0 Å². The van der Waals surface area contributed by atoms with Crippen molar-refractivity contribution < 1.29 is 9.18 Å². The molecule has 3 heterocycles. The Morgan fingerprint density at radius 2 is 1.90 bits per heavy atom. The Kier molecular flexibility index (Phi) is 4.90. The fraction of sp³-hybridized carbons (Fsp3) is 0.208. The van der Waals surface area contributed by atoms with E-state index in [1.165, 1.54) is 10.9 Å². The van der Waals surface area contributed by atoms with E-state index >= 15 is 0 Å². The lowest BCUT2D eigenvalue weighted by Gasteiger charge is -2.15. The van der Waals surface area contributed by atoms with Crippen molar-refractivity contribution in [2.45, 2.75) is 33.4 Å². The van der Waals surface area contributed by atoms with Gasteiger partial charge in [0, 0.05) is 22.3 Å². The molecule has 1 aliphatic heterocycles. The number of hydrogen-bond acceptors (Lipinski definition) is 4. The molecule has 0 spiro atoms. The normalized spacial score (nSPS) is 12.9. The van der Waals surface area contributed by atoms with Gasteiger partial charge in [-0.25, -0.2) is 14.4 Å². The van der Waals surface area contributed by atoms with Crippen molar-refractivity contribution in [2.75, 3.05) is 0 Å². The minimum absolute atomic E-state index is 0.0208. The molecule has 0 unspecified atom stereocenters. The number of imidazole rings is 1. The van der Waals surface area contributed by atoms with Gasteiger partial charge < -0.3 is 9.47 Å². The highest BCUT2D eigenvalue weighted by Gasteiger charge is 2.27. The van der Waals surface area contributed by atoms with Crippen LogP contribution in [0, 0.1) is 19.7 Å². The van der Waals surface area contributed by atoms with Crippen LogP contribution in [-0.4, -0.2) is 25.3 Å². The van der Waals surface area contributed by atoms with Gasteiger partial charge in [0.1, 0.15) is 11.6 Å². The van der Waals surface area contributed by atoms with Crippen LogP contribution in [0.3, 0.4) is 0 Å². The van der Waals surface area contributed by atoms with Gasteiger partial charge >= 0.3 is 0 Å². The van der Waals surface area contributed by atoms with Crippen LogP contribution in [-0.2, 0) is 24.3 Å². The van der Waals surface area contributed by atoms with E-state index in [1.807, 2.05) is 52.9 Å². The summed E-state index contributed by atoms with van der Waals surface area (Å²) in [5.41, 5.74) is 4.04. The third kappa shape index (κ3) is 3.77. The zero-order chi connectivity index (χ0) is 21.5. The van der Waals surface area contributed by atoms with Crippen molar-refractivity contribution in [3.63, 3.8) is 0 Å². The average Bonchev–Trinajstić information content (AvgIpc) is 3.43. The van der Waals surface area contributed by atoms with E-state index < -0.39 is 0 Å². The van der Waals surface area contributed by atoms with Crippen LogP contribution >= 0.6 is 11.3 Å². The number of benzene rings is 2. The Hall–Kier alpha value is -3.32. The summed E-state index contributed by atoms with van der Waals surface area (Å²) in [5.74, 6) is 0.437. The standard InChI is InChI=1S/C24H21FN4OS/c1-15-10-17(8-9-19(15)25)20-13-29(18-6-4-3-5-7-18)23(27-20)11-24(30)28-12-21-22(14-28)31-16(2)26-21/h3-10,13H,11-12,14H2,1-2H3. The average molecular weight is 433 g/mol. The summed E-state index contributed by atoms with van der Waals surface area (Å²) in [5, 5.41) is 1.04. The molecule has 0 saturated carbocycles. The Morgan fingerprint density at radius 1 is 1.10 bits per heavy atom. The van der Waals surface area contributed by atoms with Gasteiger partial charge in [-0.15, -0.1) is 11.3 Å². The molecule has 7 heteroatoms. The number of carbonyl (C=O) groups is 1. The first kappa shape index (κ1) is 19.6. The van der Waals surface area contributed by atoms with Crippen molar-refractivity contribution >= 4 is 17.2 Å². The summed E-state index contributed by atoms with van der Waals surface area (Å²) in [6, 6.07) is 14.8. The fourth-order valence-corrected chi connectivity index (χ4v) is 4.85. The van der Waals surface area contributed by atoms with Gasteiger partial charge in [0.2, 0.25) is 5.91 Å². The predicted octanol–water partition coefficient (Wildman–Crippen LogP) is 4.84. The monoisotopic (exact) mass is 432 g/mol. The van der Waals surface area contributed by atoms with Crippen LogP contribution < -0.4 is 0 Å². The van der Waals surface area contributed by atoms with Crippen LogP contribution in [0.5, 0.6) is 0 Å². The number of amides is 1. The van der Waals surface area contributed by atoms with Crippen molar-refractivity contribution in [2.24, 2.45) is 0 Å². The number of hydrogen-bond donors (Lipinski definition) is 0. The Balaban J connectivity index is 1.46. The highest BCUT2D eigenvalue weighted by Crippen LogP contribution is 2.29. The summed E-state index contributed by atoms with van der Waals surface area (Å²) in [6.07, 6.45) is 2.10. The Morgan fingerprint density at radius 3 is 2.65 bits per heavy atom. The van der Waals surface area contributed by atoms with Gasteiger partial charge in [-0.1, -0.05) is 18.2 Å². The lowest BCUT2D eigenvalue weighted by atomic mass is 10.1. The van der Waals surface area contributed by atoms with Gasteiger partial charge in [-0.05, 0) is 49.7 Å². The summed E-state index contributed by atoms with van der Waals surface area (Å²) in [4.78, 5) is 25.4. The van der Waals surface area contributed by atoms with E-state index in [9.17, 15) is 9.18 Å². The van der Waals surface area contributed by atoms with Crippen LogP contribution in [0.4, 0.5) is 4.39 Å². The second-order valence-electron chi connectivity index (χ2n) is 7.74. The third-order valence-electron chi connectivity index (χ3n) is 5.49. The molecular weight excluding hydrogens is 411 g/mol. The molecule has 1 aliphatic rings. The SMILES string of the molecule is Cc1nc2c(s1)CN(C(=O)Cc1nc(-c3ccc(F)c(C)c3)cn1-c1ccccc1)C2. The zero-order valence-electron chi connectivity index (χ0n) is 17.3. The number of thiazole rings is 1. The maximum absolute atomic E-state index is 13.7. The molecule has 0 bridgehead atoms. The van der Waals surface area contributed by atoms with E-state index in [0.29, 0.717) is 30.2 Å². The topological polar surface area (TPSA) is 51.0 Å². The van der Waals surface area contributed by atoms with Gasteiger partial charge in [-0.2, -0.15) is 0 Å². The van der Waals surface area contributed by atoms with Crippen LogP contribution in [0.1, 0.15) is 27.0 Å². The molecule has 0 aliphatic carbocycles. The smallest absolute Gasteiger partial charge is 0.230 e. The molecule has 5 nitrogen and oxygen atoms in total. The lowest BCUT2D eigenvalue weighted by Crippen LogP contribution is -2.28. The highest BCUT2D eigenvalue weighted by atomic mass is 32.1. The number of aryl methyl sites for hydroxylation is 2. The first-order valence-corrected chi connectivity index (χ1v) is 10.9. The molecule has 4 aromatic rings. The van der Waals surface area contributed by atoms with Gasteiger partial charge in [0.25, 0.3) is 0 Å². The quantitative estimate of drug-likeness (QED) is 0.464. The fourth-order valence-electron chi connectivity index (χ4n) is 3.89. The Labute approximate surface area is 183 Å². The van der Waals surface area contributed by atoms with E-state index in [-0.39, 0.29) is 18.1 Å². The summed E-state index contributed by atoms with van der Waals surface area (Å²) in [7, 11) is 0. The maximum atomic E-state index is 13.7. The molecule has 2 aromatic carbocycles. The molecule has 2 aromatic heterocycles. The van der Waals surface area contributed by atoms with Gasteiger partial charge in [0.05, 0.1) is 35.9 Å². The molecule has 0 saturated heterocycles. The maximum Gasteiger partial charge on any atom is 0.230 e. The molecule has 31 heavy (non-hydrogen) atoms. The molecule has 1 amide bonds. The molecule has 5 rings (SSSR count). The number of halogens is 1. The molecule has 0 N–H and O–H groups in total. The lowest BCUT2D eigenvalue weighted by molar-refractivity contribution is -0.131. The van der Waals surface area contributed by atoms with Crippen molar-refractivity contribution in [1.82, 2.24) is 19.4 Å². The van der Waals surface area contributed by atoms with Gasteiger partial charge in [0.15, 0.2) is 0 Å². The zero-order valence-corrected chi connectivity index (χ0v) is 18.1. The van der Waals surface area contributed by atoms with E-state index in [1.54, 1.807) is 30.4 Å². The number of fused-ring (bicyclic) bond motifs is 1. The molecule has 0 atom stereocenters. The minimum Gasteiger partial charge on any atom is -0.331 e. The van der Waals surface area contributed by atoms with Crippen molar-refractivity contribution in [3.05, 3.63) is 87.5 Å². The van der Waals surface area contributed by atoms with Crippen LogP contribution in [0.2, 0.25) is 0 Å². The number of nitrogens with zero attached hydrogens (tertiary/aromatic N) is 4. The largest absolute Gasteiger partial charge is 0.331 e. The summed E-state index contributed by atoms with van der Waals surface area (Å²) < 4.78 is 15.7. The number of para-hydroxylation sites is 1. The van der Waals surface area contributed by atoms with E-state index in [4.69, 9.17) is 4.98 Å². The third-order valence-corrected chi connectivity index (χ3v) is 6.49. The molecule has 156 valence electrons. The highest BCUT2D eigenvalue weighted by molar-refractivity contribution is 7.11. The second kappa shape index (κ2) is 7.74. The van der Waals surface area contributed by atoms with Crippen LogP contribution in [0.15, 0.2) is 54.7 Å². The Bertz CT molecular complexity index is 1250. The first-order valence-electron chi connectivity index (χ1n) is 10.1. The summed E-state index contributed by atoms with van der Waals surface area (Å²) >= 11 is 1.65. The minimum atomic E-state index is -0.244. The predicted molar refractivity (Wildman–Crippen MR) is 119 cm³/mol. The van der Waals surface area contributed by atoms with E-state index in [2.05, 4.69) is 4.98 Å². The molecular formula is C24H21FN4OS. The molecule has 0 radical (unpaired) electrons. The first-order chi connectivity index (χ1) is 15.0. The number of rotatable bonds is 4. The van der Waals surface area contributed by atoms with Crippen molar-refractivity contribution in [1.29, 1.82) is 0 Å². The number of carbonyl (C=O) groups excluding carboxylic acids is 1. The van der Waals surface area contributed by atoms with Crippen LogP contribution in [0.25, 0.3) is 16.9 Å². The number of aromatic nitrogens is 3. The van der Waals surface area contributed by atoms with Gasteiger partial charge in [-0.3, -0.25) is 4.79 Å².